The number of aromatic nitrogens is 1. The number of hydrogen-bond donors (Lipinski definition) is 1. The van der Waals surface area contributed by atoms with Crippen molar-refractivity contribution in [3.8, 4) is 11.3 Å². The third kappa shape index (κ3) is 3.92. The van der Waals surface area contributed by atoms with E-state index < -0.39 is 5.97 Å². The number of unbranched alkanes of at least 4 members (excludes halogenated alkanes) is 1. The SMILES string of the molecule is Cc1ccc(CCCCC(=O)O)cc1-c1ccccn1. The topological polar surface area (TPSA) is 50.2 Å². The summed E-state index contributed by atoms with van der Waals surface area (Å²) in [7, 11) is 0. The number of hydrogen-bond acceptors (Lipinski definition) is 2. The number of pyridine rings is 1. The summed E-state index contributed by atoms with van der Waals surface area (Å²) in [5.74, 6) is -0.719. The maximum absolute atomic E-state index is 10.5. The van der Waals surface area contributed by atoms with Crippen LogP contribution in [0.5, 0.6) is 0 Å². The highest BCUT2D eigenvalue weighted by Gasteiger charge is 2.05. The van der Waals surface area contributed by atoms with Gasteiger partial charge in [0.25, 0.3) is 0 Å². The second kappa shape index (κ2) is 6.85. The van der Waals surface area contributed by atoms with E-state index in [9.17, 15) is 4.79 Å². The molecule has 1 heterocycles. The second-order valence-corrected chi connectivity index (χ2v) is 4.97. The number of aliphatic carboxylic acids is 1. The van der Waals surface area contributed by atoms with Crippen molar-refractivity contribution in [2.75, 3.05) is 0 Å². The third-order valence-corrected chi connectivity index (χ3v) is 3.35. The maximum atomic E-state index is 10.5. The van der Waals surface area contributed by atoms with Crippen LogP contribution in [0.15, 0.2) is 42.6 Å². The molecule has 104 valence electrons. The van der Waals surface area contributed by atoms with Crippen LogP contribution >= 0.6 is 0 Å². The normalized spacial score (nSPS) is 10.4. The number of benzene rings is 1. The molecule has 2 rings (SSSR count). The van der Waals surface area contributed by atoms with Crippen LogP contribution in [0, 0.1) is 6.92 Å². The van der Waals surface area contributed by atoms with Crippen LogP contribution in [-0.4, -0.2) is 16.1 Å². The lowest BCUT2D eigenvalue weighted by molar-refractivity contribution is -0.137. The van der Waals surface area contributed by atoms with Gasteiger partial charge in [-0.15, -0.1) is 0 Å². The van der Waals surface area contributed by atoms with Crippen molar-refractivity contribution < 1.29 is 9.90 Å². The second-order valence-electron chi connectivity index (χ2n) is 4.97. The van der Waals surface area contributed by atoms with Gasteiger partial charge in [0.05, 0.1) is 5.69 Å². The molecule has 1 aromatic carbocycles. The van der Waals surface area contributed by atoms with E-state index in [4.69, 9.17) is 5.11 Å². The summed E-state index contributed by atoms with van der Waals surface area (Å²) in [6, 6.07) is 12.3. The van der Waals surface area contributed by atoms with Crippen molar-refractivity contribution >= 4 is 5.97 Å². The van der Waals surface area contributed by atoms with Gasteiger partial charge in [-0.1, -0.05) is 18.2 Å². The molecule has 0 radical (unpaired) electrons. The molecule has 0 bridgehead atoms. The molecule has 3 nitrogen and oxygen atoms in total. The van der Waals surface area contributed by atoms with Gasteiger partial charge in [-0.05, 0) is 55.5 Å². The van der Waals surface area contributed by atoms with Gasteiger partial charge in [-0.3, -0.25) is 9.78 Å². The summed E-state index contributed by atoms with van der Waals surface area (Å²) in [5, 5.41) is 8.63. The van der Waals surface area contributed by atoms with E-state index in [0.29, 0.717) is 0 Å². The molecule has 0 unspecified atom stereocenters. The van der Waals surface area contributed by atoms with Crippen LogP contribution in [0.2, 0.25) is 0 Å². The zero-order valence-electron chi connectivity index (χ0n) is 11.7. The predicted molar refractivity (Wildman–Crippen MR) is 79.6 cm³/mol. The molecule has 0 spiro atoms. The average molecular weight is 269 g/mol. The van der Waals surface area contributed by atoms with E-state index in [2.05, 4.69) is 30.1 Å². The molecule has 2 aromatic rings. The van der Waals surface area contributed by atoms with Crippen LogP contribution in [0.25, 0.3) is 11.3 Å². The lowest BCUT2D eigenvalue weighted by Gasteiger charge is -2.08. The highest BCUT2D eigenvalue weighted by atomic mass is 16.4. The minimum Gasteiger partial charge on any atom is -0.481 e. The van der Waals surface area contributed by atoms with E-state index >= 15 is 0 Å². The monoisotopic (exact) mass is 269 g/mol. The van der Waals surface area contributed by atoms with Gasteiger partial charge in [0, 0.05) is 18.2 Å². The Morgan fingerprint density at radius 2 is 2.05 bits per heavy atom. The number of carboxylic acid groups (broad SMARTS) is 1. The molecule has 0 saturated carbocycles. The van der Waals surface area contributed by atoms with Gasteiger partial charge in [-0.25, -0.2) is 0 Å². The summed E-state index contributed by atoms with van der Waals surface area (Å²) in [6.45, 7) is 2.08. The summed E-state index contributed by atoms with van der Waals surface area (Å²) >= 11 is 0. The molecule has 1 N–H and O–H groups in total. The number of carbonyl (C=O) groups is 1. The van der Waals surface area contributed by atoms with Gasteiger partial charge in [0.1, 0.15) is 0 Å². The number of aryl methyl sites for hydroxylation is 2. The summed E-state index contributed by atoms with van der Waals surface area (Å²) in [5.41, 5.74) is 4.58. The standard InChI is InChI=1S/C17H19NO2/c1-13-9-10-14(6-2-3-8-17(19)20)12-15(13)16-7-4-5-11-18-16/h4-5,7,9-12H,2-3,6,8H2,1H3,(H,19,20). The van der Waals surface area contributed by atoms with Crippen LogP contribution < -0.4 is 0 Å². The van der Waals surface area contributed by atoms with E-state index in [0.717, 1.165) is 30.5 Å². The van der Waals surface area contributed by atoms with Crippen LogP contribution in [-0.2, 0) is 11.2 Å². The minimum absolute atomic E-state index is 0.249. The van der Waals surface area contributed by atoms with Crippen LogP contribution in [0.1, 0.15) is 30.4 Å². The first-order valence-corrected chi connectivity index (χ1v) is 6.89. The van der Waals surface area contributed by atoms with E-state index in [-0.39, 0.29) is 6.42 Å². The highest BCUT2D eigenvalue weighted by Crippen LogP contribution is 2.23. The predicted octanol–water partition coefficient (Wildman–Crippen LogP) is 3.85. The van der Waals surface area contributed by atoms with Gasteiger partial charge in [-0.2, -0.15) is 0 Å². The Kier molecular flexibility index (Phi) is 4.88. The molecule has 0 aliphatic carbocycles. The van der Waals surface area contributed by atoms with E-state index in [1.165, 1.54) is 11.1 Å². The molecule has 3 heteroatoms. The first-order valence-electron chi connectivity index (χ1n) is 6.89. The first-order chi connectivity index (χ1) is 9.66. The molecular formula is C17H19NO2. The van der Waals surface area contributed by atoms with Crippen molar-refractivity contribution in [3.05, 3.63) is 53.7 Å². The number of carboxylic acids is 1. The largest absolute Gasteiger partial charge is 0.481 e. The Morgan fingerprint density at radius 3 is 2.75 bits per heavy atom. The zero-order valence-corrected chi connectivity index (χ0v) is 11.7. The van der Waals surface area contributed by atoms with Crippen molar-refractivity contribution in [2.24, 2.45) is 0 Å². The molecule has 1 aromatic heterocycles. The minimum atomic E-state index is -0.719. The average Bonchev–Trinajstić information content (AvgIpc) is 2.46. The summed E-state index contributed by atoms with van der Waals surface area (Å²) in [4.78, 5) is 14.9. The lowest BCUT2D eigenvalue weighted by Crippen LogP contribution is -1.95. The van der Waals surface area contributed by atoms with Crippen LogP contribution in [0.3, 0.4) is 0 Å². The Hall–Kier alpha value is -2.16. The first kappa shape index (κ1) is 14.3. The maximum Gasteiger partial charge on any atom is 0.303 e. The quantitative estimate of drug-likeness (QED) is 0.810. The van der Waals surface area contributed by atoms with Crippen molar-refractivity contribution in [3.63, 3.8) is 0 Å². The number of nitrogens with zero attached hydrogens (tertiary/aromatic N) is 1. The van der Waals surface area contributed by atoms with E-state index in [1.807, 2.05) is 18.2 Å². The Bertz CT molecular complexity index is 579. The fraction of sp³-hybridized carbons (Fsp3) is 0.294. The molecule has 0 aliphatic heterocycles. The third-order valence-electron chi connectivity index (χ3n) is 3.35. The molecule has 20 heavy (non-hydrogen) atoms. The summed E-state index contributed by atoms with van der Waals surface area (Å²) < 4.78 is 0. The molecule has 0 saturated heterocycles. The fourth-order valence-corrected chi connectivity index (χ4v) is 2.23. The van der Waals surface area contributed by atoms with Crippen LogP contribution in [0.4, 0.5) is 0 Å². The molecule has 0 atom stereocenters. The van der Waals surface area contributed by atoms with Gasteiger partial charge >= 0.3 is 5.97 Å². The molecule has 0 aliphatic rings. The van der Waals surface area contributed by atoms with Crippen molar-refractivity contribution in [1.29, 1.82) is 0 Å². The summed E-state index contributed by atoms with van der Waals surface area (Å²) in [6.07, 6.45) is 4.58. The van der Waals surface area contributed by atoms with E-state index in [1.54, 1.807) is 6.20 Å². The van der Waals surface area contributed by atoms with Gasteiger partial charge in [0.15, 0.2) is 0 Å². The smallest absolute Gasteiger partial charge is 0.303 e. The fourth-order valence-electron chi connectivity index (χ4n) is 2.23. The highest BCUT2D eigenvalue weighted by molar-refractivity contribution is 5.66. The lowest BCUT2D eigenvalue weighted by atomic mass is 9.99. The Labute approximate surface area is 119 Å². The molecular weight excluding hydrogens is 250 g/mol. The Morgan fingerprint density at radius 1 is 1.20 bits per heavy atom. The van der Waals surface area contributed by atoms with Crippen molar-refractivity contribution in [1.82, 2.24) is 4.98 Å². The zero-order chi connectivity index (χ0) is 14.4. The van der Waals surface area contributed by atoms with Gasteiger partial charge < -0.3 is 5.11 Å². The molecule has 0 amide bonds. The van der Waals surface area contributed by atoms with Gasteiger partial charge in [0.2, 0.25) is 0 Å². The Balaban J connectivity index is 2.07. The number of rotatable bonds is 6. The van der Waals surface area contributed by atoms with Crippen molar-refractivity contribution in [2.45, 2.75) is 32.6 Å². The molecule has 0 fully saturated rings.